The first-order chi connectivity index (χ1) is 33.1. The summed E-state index contributed by atoms with van der Waals surface area (Å²) in [6.07, 6.45) is 10.7. The molecule has 6 aliphatic rings. The second-order valence-electron chi connectivity index (χ2n) is 20.1. The Hall–Kier alpha value is -5.98. The van der Waals surface area contributed by atoms with Gasteiger partial charge in [0, 0.05) is 138 Å². The monoisotopic (exact) mass is 915 g/mol. The Labute approximate surface area is 398 Å². The van der Waals surface area contributed by atoms with Crippen LogP contribution in [0.15, 0.2) is 73.3 Å². The highest BCUT2D eigenvalue weighted by atomic mass is 16.5. The van der Waals surface area contributed by atoms with Crippen LogP contribution in [0.25, 0.3) is 21.8 Å². The van der Waals surface area contributed by atoms with Crippen LogP contribution >= 0.6 is 0 Å². The van der Waals surface area contributed by atoms with E-state index in [1.54, 1.807) is 12.4 Å². The zero-order valence-corrected chi connectivity index (χ0v) is 39.6. The number of ether oxygens (including phenoxy) is 2. The molecule has 4 fully saturated rings. The van der Waals surface area contributed by atoms with Crippen molar-refractivity contribution in [2.24, 2.45) is 0 Å². The molecule has 0 spiro atoms. The number of aromatic nitrogens is 6. The van der Waals surface area contributed by atoms with Crippen LogP contribution in [0.3, 0.4) is 0 Å². The maximum absolute atomic E-state index is 9.48. The number of pyridine rings is 2. The van der Waals surface area contributed by atoms with Gasteiger partial charge in [0.25, 0.3) is 0 Å². The fourth-order valence-electron chi connectivity index (χ4n) is 11.3. The number of nitriles is 2. The van der Waals surface area contributed by atoms with E-state index in [0.29, 0.717) is 35.3 Å². The summed E-state index contributed by atoms with van der Waals surface area (Å²) in [6, 6.07) is 22.4. The standard InChI is InChI=1S/2C26H31N7O/c2*1-17-8-20-12-33(30-24(20)10-29-17)21-13-31(14-21)15-22-16-32(11-18(2)34-22)25-6-5-19(9-27)26-23(25)4-3-7-28-26/h2*3-7,12,17-18,21-22,29H,8,10-11,13-16H2,1-2H3/t17-,18+,22-;17-,18-,22+/m01/s1. The Kier molecular flexibility index (Phi) is 12.3. The Morgan fingerprint density at radius 3 is 1.46 bits per heavy atom. The number of rotatable bonds is 8. The Balaban J connectivity index is 0.000000149. The molecular weight excluding hydrogens is 853 g/mol. The van der Waals surface area contributed by atoms with E-state index in [0.717, 1.165) is 125 Å². The van der Waals surface area contributed by atoms with Gasteiger partial charge in [0.2, 0.25) is 0 Å². The smallest absolute Gasteiger partial charge is 0.101 e. The molecule has 4 saturated heterocycles. The van der Waals surface area contributed by atoms with Crippen molar-refractivity contribution in [3.05, 3.63) is 107 Å². The van der Waals surface area contributed by atoms with Gasteiger partial charge in [-0.1, -0.05) is 0 Å². The Bertz CT molecular complexity index is 2680. The van der Waals surface area contributed by atoms with E-state index in [-0.39, 0.29) is 24.4 Å². The molecule has 0 amide bonds. The van der Waals surface area contributed by atoms with E-state index < -0.39 is 0 Å². The molecule has 2 aromatic carbocycles. The molecule has 2 N–H and O–H groups in total. The van der Waals surface area contributed by atoms with Gasteiger partial charge >= 0.3 is 0 Å². The number of nitrogens with one attached hydrogen (secondary N) is 2. The molecule has 12 rings (SSSR count). The molecule has 0 unspecified atom stereocenters. The van der Waals surface area contributed by atoms with Crippen molar-refractivity contribution in [2.45, 2.75) is 102 Å². The van der Waals surface area contributed by atoms with E-state index >= 15 is 0 Å². The van der Waals surface area contributed by atoms with Crippen LogP contribution in [0.1, 0.15) is 73.4 Å². The molecule has 0 aliphatic carbocycles. The number of anilines is 2. The van der Waals surface area contributed by atoms with E-state index in [4.69, 9.17) is 19.7 Å². The van der Waals surface area contributed by atoms with Gasteiger partial charge in [-0.15, -0.1) is 0 Å². The lowest BCUT2D eigenvalue weighted by Gasteiger charge is -2.44. The summed E-state index contributed by atoms with van der Waals surface area (Å²) in [5, 5.41) is 37.7. The van der Waals surface area contributed by atoms with Crippen LogP contribution in [0.4, 0.5) is 11.4 Å². The summed E-state index contributed by atoms with van der Waals surface area (Å²) < 4.78 is 17.1. The highest BCUT2D eigenvalue weighted by Crippen LogP contribution is 2.34. The summed E-state index contributed by atoms with van der Waals surface area (Å²) in [7, 11) is 0. The maximum atomic E-state index is 9.48. The highest BCUT2D eigenvalue weighted by Gasteiger charge is 2.37. The van der Waals surface area contributed by atoms with Gasteiger partial charge in [0.05, 0.1) is 70.0 Å². The van der Waals surface area contributed by atoms with Crippen LogP contribution in [0.2, 0.25) is 0 Å². The van der Waals surface area contributed by atoms with Gasteiger partial charge in [0.15, 0.2) is 0 Å². The molecular formula is C52H62N14O2. The van der Waals surface area contributed by atoms with E-state index in [2.05, 4.69) is 126 Å². The number of hydrogen-bond acceptors (Lipinski definition) is 14. The molecule has 16 heteroatoms. The SMILES string of the molecule is C[C@@H]1CN(c2ccc(C#N)c3ncccc23)C[C@H](CN2CC(n3cc4c(n3)CN[C@@H](C)C4)C2)O1.C[C@@H]1Cc2cn(C3CN(C[C@H]4CN(c5ccc(C#N)c6ncccc56)C[C@@H](C)O4)C3)nc2CN1. The normalized spacial score (nSPS) is 25.7. The van der Waals surface area contributed by atoms with Crippen molar-refractivity contribution in [3.8, 4) is 12.1 Å². The largest absolute Gasteiger partial charge is 0.370 e. The molecule has 0 saturated carbocycles. The average molecular weight is 915 g/mol. The molecule has 6 aromatic rings. The predicted octanol–water partition coefficient (Wildman–Crippen LogP) is 4.98. The summed E-state index contributed by atoms with van der Waals surface area (Å²) in [6.45, 7) is 19.7. The lowest BCUT2D eigenvalue weighted by molar-refractivity contribution is -0.0491. The van der Waals surface area contributed by atoms with Crippen LogP contribution in [0.5, 0.6) is 0 Å². The van der Waals surface area contributed by atoms with Crippen molar-refractivity contribution in [3.63, 3.8) is 0 Å². The molecule has 6 aliphatic heterocycles. The quantitative estimate of drug-likeness (QED) is 0.210. The average Bonchev–Trinajstić information content (AvgIpc) is 3.93. The molecule has 352 valence electrons. The Morgan fingerprint density at radius 2 is 1.03 bits per heavy atom. The van der Waals surface area contributed by atoms with Gasteiger partial charge in [0.1, 0.15) is 12.1 Å². The zero-order valence-electron chi connectivity index (χ0n) is 39.6. The number of fused-ring (bicyclic) bond motifs is 4. The minimum absolute atomic E-state index is 0.142. The molecule has 0 radical (unpaired) electrons. The molecule has 16 nitrogen and oxygen atoms in total. The summed E-state index contributed by atoms with van der Waals surface area (Å²) in [5.41, 5.74) is 10.3. The number of morpholine rings is 2. The number of benzene rings is 2. The fraction of sp³-hybridized carbons (Fsp3) is 0.500. The zero-order chi connectivity index (χ0) is 46.5. The van der Waals surface area contributed by atoms with Gasteiger partial charge in [-0.3, -0.25) is 29.1 Å². The van der Waals surface area contributed by atoms with Crippen molar-refractivity contribution in [1.29, 1.82) is 10.5 Å². The topological polar surface area (TPSA) is 164 Å². The van der Waals surface area contributed by atoms with Gasteiger partial charge in [-0.2, -0.15) is 20.7 Å². The van der Waals surface area contributed by atoms with E-state index in [1.807, 2.05) is 24.3 Å². The predicted molar refractivity (Wildman–Crippen MR) is 261 cm³/mol. The first-order valence-electron chi connectivity index (χ1n) is 24.6. The molecule has 10 heterocycles. The lowest BCUT2D eigenvalue weighted by atomic mass is 10.0. The molecule has 68 heavy (non-hydrogen) atoms. The van der Waals surface area contributed by atoms with Crippen LogP contribution in [-0.2, 0) is 35.4 Å². The number of likely N-dealkylation sites (tertiary alicyclic amines) is 2. The first-order valence-corrected chi connectivity index (χ1v) is 24.6. The van der Waals surface area contributed by atoms with Gasteiger partial charge in [-0.25, -0.2) is 0 Å². The maximum Gasteiger partial charge on any atom is 0.101 e. The first kappa shape index (κ1) is 44.5. The van der Waals surface area contributed by atoms with Crippen LogP contribution in [0, 0.1) is 22.7 Å². The molecule has 0 bridgehead atoms. The fourth-order valence-corrected chi connectivity index (χ4v) is 11.3. The molecule has 6 atom stereocenters. The summed E-state index contributed by atoms with van der Waals surface area (Å²) >= 11 is 0. The van der Waals surface area contributed by atoms with Gasteiger partial charge in [-0.05, 0) is 100 Å². The van der Waals surface area contributed by atoms with E-state index in [9.17, 15) is 10.5 Å². The third kappa shape index (κ3) is 9.05. The summed E-state index contributed by atoms with van der Waals surface area (Å²) in [5.74, 6) is 0. The summed E-state index contributed by atoms with van der Waals surface area (Å²) in [4.78, 5) is 18.7. The van der Waals surface area contributed by atoms with Crippen molar-refractivity contribution in [2.75, 3.05) is 75.2 Å². The number of hydrogen-bond donors (Lipinski definition) is 2. The minimum atomic E-state index is 0.142. The van der Waals surface area contributed by atoms with Crippen molar-refractivity contribution >= 4 is 33.2 Å². The lowest BCUT2D eigenvalue weighted by Crippen LogP contribution is -2.56. The highest BCUT2D eigenvalue weighted by molar-refractivity contribution is 5.96. The second-order valence-corrected chi connectivity index (χ2v) is 20.1. The number of nitrogens with zero attached hydrogens (tertiary/aromatic N) is 12. The second kappa shape index (κ2) is 18.8. The Morgan fingerprint density at radius 1 is 0.588 bits per heavy atom. The van der Waals surface area contributed by atoms with Crippen LogP contribution < -0.4 is 20.4 Å². The third-order valence-electron chi connectivity index (χ3n) is 14.7. The third-order valence-corrected chi connectivity index (χ3v) is 14.7. The van der Waals surface area contributed by atoms with Crippen molar-refractivity contribution < 1.29 is 9.47 Å². The molecule has 4 aromatic heterocycles. The van der Waals surface area contributed by atoms with Crippen molar-refractivity contribution in [1.82, 2.24) is 50.0 Å². The van der Waals surface area contributed by atoms with Crippen LogP contribution in [-0.4, -0.2) is 141 Å². The van der Waals surface area contributed by atoms with Gasteiger partial charge < -0.3 is 29.9 Å². The minimum Gasteiger partial charge on any atom is -0.370 e. The van der Waals surface area contributed by atoms with E-state index in [1.165, 1.54) is 22.5 Å².